The van der Waals surface area contributed by atoms with Crippen LogP contribution in [0.25, 0.3) is 43.6 Å². The number of benzene rings is 8. The average molecular weight is 1890 g/mol. The lowest BCUT2D eigenvalue weighted by molar-refractivity contribution is -0.0368. The fraction of sp³-hybridized carbons (Fsp3) is 0.475. The highest BCUT2D eigenvalue weighted by Gasteiger charge is 2.40. The van der Waals surface area contributed by atoms with Crippen molar-refractivity contribution < 1.29 is 52.6 Å². The summed E-state index contributed by atoms with van der Waals surface area (Å²) in [5.74, 6) is 1.82. The van der Waals surface area contributed by atoms with Gasteiger partial charge >= 0.3 is 0 Å². The third-order valence-electron chi connectivity index (χ3n) is 25.6. The van der Waals surface area contributed by atoms with Crippen LogP contribution in [-0.2, 0) is 104 Å². The van der Waals surface area contributed by atoms with E-state index in [0.717, 1.165) is 230 Å². The van der Waals surface area contributed by atoms with Crippen molar-refractivity contribution in [3.63, 3.8) is 0 Å². The largest absolute Gasteiger partial charge is 0.381 e. The number of hydrogen-bond acceptors (Lipinski definition) is 16. The van der Waals surface area contributed by atoms with Gasteiger partial charge in [0.1, 0.15) is 4.60 Å². The van der Waals surface area contributed by atoms with Gasteiger partial charge in [0.05, 0.1) is 83.0 Å². The Morgan fingerprint density at radius 2 is 0.781 bits per heavy atom. The van der Waals surface area contributed by atoms with Gasteiger partial charge in [-0.05, 0) is 306 Å². The van der Waals surface area contributed by atoms with Crippen LogP contribution in [0.2, 0.25) is 0 Å². The molecule has 0 spiro atoms. The van der Waals surface area contributed by atoms with Crippen molar-refractivity contribution in [1.29, 1.82) is 0 Å². The second kappa shape index (κ2) is 42.9. The van der Waals surface area contributed by atoms with Crippen molar-refractivity contribution in [2.75, 3.05) is 70.0 Å². The summed E-state index contributed by atoms with van der Waals surface area (Å²) in [4.78, 5) is 1.20. The highest BCUT2D eigenvalue weighted by atomic mass is 79.9. The van der Waals surface area contributed by atoms with Gasteiger partial charge in [-0.15, -0.1) is 0 Å². The molecule has 12 aromatic rings. The molecule has 8 aromatic carbocycles. The van der Waals surface area contributed by atoms with E-state index < -0.39 is 40.1 Å². The van der Waals surface area contributed by atoms with E-state index in [-0.39, 0.29) is 35.2 Å². The topological polar surface area (TPSA) is 258 Å². The first-order chi connectivity index (χ1) is 61.8. The van der Waals surface area contributed by atoms with E-state index in [1.54, 1.807) is 80.0 Å². The third kappa shape index (κ3) is 22.1. The molecular formula is C99H127BrN12O12S4. The van der Waals surface area contributed by atoms with Crippen molar-refractivity contribution >= 4 is 122 Å². The molecule has 0 bridgehead atoms. The standard InChI is InChI=1S/C26H35N3O3S.C25H33N3O3S.C24H30BrN3O3S.C24H29N3O3S/c1-4-20-7-9-24(10-8-20)29(23(5-2)6-3)33(30,31)25-11-12-26-22(17-25)18-27-28(26)19-21-13-15-32-16-14-21;1-4-19(3)28(23-8-6-20(5-2)7-9-23)32(29,30)24-10-11-25-22(16-24)17-26-27(25)18-21-12-14-31-15-13-21;1-4-18-8-10-19(11-9-18)27(16-17(2)3)32(29,30)20-12-13-21-22(15-20)28(26-24(21)25)23-7-5-6-14-31-23;1-2-18-3-5-21(6-4-18)27(22-7-8-22)31(28,29)23-9-10-24-20(15-23)16-25-26(24)17-19-11-13-30-14-12-19/h7-12,17-18,21,23H,4-6,13-16,19H2,1-3H3;6-11,16-17,19,21H,4-5,12-15,18H2,1-3H3;8-13,15,17,23H,4-7,14,16H2,1-3H3;3-6,9-10,15-16,19,22H,2,7-8,11-14,17H2,1H3/t;19-;;/m.1../s1. The molecule has 0 N–H and O–H groups in total. The first-order valence-corrected chi connectivity index (χ1v) is 52.7. The number of aromatic nitrogens is 8. The molecule has 686 valence electrons. The molecule has 4 aromatic heterocycles. The van der Waals surface area contributed by atoms with Crippen molar-refractivity contribution in [2.24, 2.45) is 23.7 Å². The number of rotatable bonds is 31. The summed E-state index contributed by atoms with van der Waals surface area (Å²) in [5.41, 5.74) is 11.3. The van der Waals surface area contributed by atoms with E-state index in [1.807, 2.05) is 182 Å². The molecule has 0 amide bonds. The summed E-state index contributed by atoms with van der Waals surface area (Å²) < 4.78 is 147. The van der Waals surface area contributed by atoms with Crippen LogP contribution in [0.5, 0.6) is 0 Å². The SMILES string of the molecule is CCc1ccc(N(C(CC)CC)S(=O)(=O)c2ccc3c(cnn3CC3CCOCC3)c2)cc1.CCc1ccc(N(C2CC2)S(=O)(=O)c2ccc3c(cnn3CC3CCOCC3)c2)cc1.CCc1ccc(N(CC(C)C)S(=O)(=O)c2ccc3c(Br)nn(C4CCCCO4)c3c2)cc1.CCc1ccc(N([C@H](C)CC)S(=O)(=O)c2ccc3c(cnn3CC3CCOCC3)c2)cc1. The average Bonchev–Trinajstić information content (AvgIpc) is 1.45. The summed E-state index contributed by atoms with van der Waals surface area (Å²) in [6, 6.07) is 52.6. The smallest absolute Gasteiger partial charge is 0.264 e. The molecule has 5 fully saturated rings. The minimum Gasteiger partial charge on any atom is -0.381 e. The van der Waals surface area contributed by atoms with Crippen molar-refractivity contribution in [3.05, 3.63) is 215 Å². The fourth-order valence-corrected chi connectivity index (χ4v) is 25.0. The van der Waals surface area contributed by atoms with Crippen LogP contribution in [-0.4, -0.2) is 144 Å². The Balaban J connectivity index is 0.000000138. The Morgan fingerprint density at radius 3 is 1.16 bits per heavy atom. The number of halogens is 1. The zero-order valence-corrected chi connectivity index (χ0v) is 80.7. The van der Waals surface area contributed by atoms with Crippen LogP contribution in [0, 0.1) is 23.7 Å². The van der Waals surface area contributed by atoms with E-state index in [0.29, 0.717) is 61.6 Å². The summed E-state index contributed by atoms with van der Waals surface area (Å²) in [6.07, 6.45) is 22.1. The fourth-order valence-electron chi connectivity index (χ4n) is 17.5. The molecule has 1 unspecified atom stereocenters. The van der Waals surface area contributed by atoms with Gasteiger partial charge in [-0.25, -0.2) is 38.4 Å². The van der Waals surface area contributed by atoms with E-state index in [9.17, 15) is 33.7 Å². The molecule has 29 heteroatoms. The lowest BCUT2D eigenvalue weighted by Crippen LogP contribution is -2.39. The molecule has 5 aliphatic rings. The first kappa shape index (κ1) is 95.1. The first-order valence-electron chi connectivity index (χ1n) is 46.2. The highest BCUT2D eigenvalue weighted by Crippen LogP contribution is 2.41. The predicted molar refractivity (Wildman–Crippen MR) is 515 cm³/mol. The minimum absolute atomic E-state index is 0.0458. The van der Waals surface area contributed by atoms with Crippen molar-refractivity contribution in [1.82, 2.24) is 39.1 Å². The lowest BCUT2D eigenvalue weighted by Gasteiger charge is -2.32. The van der Waals surface area contributed by atoms with Gasteiger partial charge in [0.25, 0.3) is 40.1 Å². The Bertz CT molecular complexity index is 6160. The van der Waals surface area contributed by atoms with Gasteiger partial charge in [-0.2, -0.15) is 20.4 Å². The molecular weight excluding hydrogens is 1760 g/mol. The van der Waals surface area contributed by atoms with Crippen LogP contribution in [0.1, 0.15) is 188 Å². The van der Waals surface area contributed by atoms with Gasteiger partial charge in [0.2, 0.25) is 0 Å². The normalized spacial score (nSPS) is 16.7. The number of fused-ring (bicyclic) bond motifs is 4. The molecule has 2 atom stereocenters. The third-order valence-corrected chi connectivity index (χ3v) is 33.6. The Kier molecular flexibility index (Phi) is 31.9. The van der Waals surface area contributed by atoms with Gasteiger partial charge in [-0.1, -0.05) is 111 Å². The summed E-state index contributed by atoms with van der Waals surface area (Å²) >= 11 is 3.52. The Morgan fingerprint density at radius 1 is 0.398 bits per heavy atom. The Labute approximate surface area is 766 Å². The molecule has 24 nitrogen and oxygen atoms in total. The number of hydrogen-bond donors (Lipinski definition) is 0. The van der Waals surface area contributed by atoms with Crippen LogP contribution in [0.15, 0.2) is 213 Å². The summed E-state index contributed by atoms with van der Waals surface area (Å²) in [6.45, 7) is 28.9. The number of sulfonamides is 4. The molecule has 1 saturated carbocycles. The van der Waals surface area contributed by atoms with Crippen LogP contribution in [0.4, 0.5) is 22.7 Å². The summed E-state index contributed by atoms with van der Waals surface area (Å²) in [5, 5.41) is 21.7. The predicted octanol–water partition coefficient (Wildman–Crippen LogP) is 20.7. The number of nitrogens with zero attached hydrogens (tertiary/aromatic N) is 12. The minimum atomic E-state index is -3.76. The van der Waals surface area contributed by atoms with Crippen molar-refractivity contribution in [2.45, 2.75) is 248 Å². The van der Waals surface area contributed by atoms with Gasteiger partial charge in [-0.3, -0.25) is 31.3 Å². The number of anilines is 4. The van der Waals surface area contributed by atoms with Crippen LogP contribution < -0.4 is 17.2 Å². The second-order valence-electron chi connectivity index (χ2n) is 34.9. The zero-order chi connectivity index (χ0) is 90.4. The molecule has 128 heavy (non-hydrogen) atoms. The van der Waals surface area contributed by atoms with E-state index in [1.165, 1.54) is 26.6 Å². The van der Waals surface area contributed by atoms with E-state index >= 15 is 0 Å². The maximum absolute atomic E-state index is 13.9. The zero-order valence-electron chi connectivity index (χ0n) is 75.8. The molecule has 4 saturated heterocycles. The highest BCUT2D eigenvalue weighted by molar-refractivity contribution is 9.10. The quantitative estimate of drug-likeness (QED) is 0.0391. The molecule has 1 aliphatic carbocycles. The van der Waals surface area contributed by atoms with Gasteiger partial charge in [0.15, 0.2) is 6.23 Å². The van der Waals surface area contributed by atoms with Crippen molar-refractivity contribution in [3.8, 4) is 0 Å². The number of ether oxygens (including phenoxy) is 4. The molecule has 17 rings (SSSR count). The maximum atomic E-state index is 13.9. The Hall–Kier alpha value is -9.04. The monoisotopic (exact) mass is 1880 g/mol. The molecule has 4 aliphatic heterocycles. The maximum Gasteiger partial charge on any atom is 0.264 e. The van der Waals surface area contributed by atoms with Crippen LogP contribution in [0.3, 0.4) is 0 Å². The van der Waals surface area contributed by atoms with Gasteiger partial charge < -0.3 is 18.9 Å². The summed E-state index contributed by atoms with van der Waals surface area (Å²) in [7, 11) is -14.8. The second-order valence-corrected chi connectivity index (χ2v) is 43.0. The van der Waals surface area contributed by atoms with Crippen LogP contribution >= 0.6 is 15.9 Å². The molecule has 8 heterocycles. The molecule has 0 radical (unpaired) electrons. The van der Waals surface area contributed by atoms with E-state index in [4.69, 9.17) is 18.9 Å². The van der Waals surface area contributed by atoms with Gasteiger partial charge in [0, 0.05) is 112 Å². The number of aryl methyl sites for hydroxylation is 4. The van der Waals surface area contributed by atoms with E-state index in [2.05, 4.69) is 64.0 Å². The lowest BCUT2D eigenvalue weighted by atomic mass is 10.0.